The predicted molar refractivity (Wildman–Crippen MR) is 77.0 cm³/mol. The van der Waals surface area contributed by atoms with Crippen molar-refractivity contribution in [3.63, 3.8) is 0 Å². The first-order chi connectivity index (χ1) is 8.97. The van der Waals surface area contributed by atoms with Gasteiger partial charge in [-0.25, -0.2) is 9.97 Å². The lowest BCUT2D eigenvalue weighted by molar-refractivity contribution is -0.125. The number of nitrogens with one attached hydrogen (secondary N) is 1. The highest BCUT2D eigenvalue weighted by atomic mass is 16.1. The summed E-state index contributed by atoms with van der Waals surface area (Å²) < 4.78 is 0. The maximum atomic E-state index is 11.9. The van der Waals surface area contributed by atoms with Crippen molar-refractivity contribution in [1.82, 2.24) is 15.3 Å². The maximum Gasteiger partial charge on any atom is 0.223 e. The zero-order valence-corrected chi connectivity index (χ0v) is 12.5. The Morgan fingerprint density at radius 3 is 2.47 bits per heavy atom. The van der Waals surface area contributed by atoms with Crippen LogP contribution in [0.25, 0.3) is 0 Å². The Kier molecular flexibility index (Phi) is 5.73. The molecule has 0 unspecified atom stereocenters. The Morgan fingerprint density at radius 2 is 1.95 bits per heavy atom. The fraction of sp³-hybridized carbons (Fsp3) is 0.643. The van der Waals surface area contributed by atoms with Crippen LogP contribution in [0.5, 0.6) is 0 Å². The zero-order chi connectivity index (χ0) is 14.4. The summed E-state index contributed by atoms with van der Waals surface area (Å²) in [6, 6.07) is 1.92. The zero-order valence-electron chi connectivity index (χ0n) is 12.5. The molecule has 1 rings (SSSR count). The van der Waals surface area contributed by atoms with Gasteiger partial charge in [-0.15, -0.1) is 0 Å². The van der Waals surface area contributed by atoms with Crippen LogP contribution in [0.3, 0.4) is 0 Å². The lowest BCUT2D eigenvalue weighted by Gasteiger charge is -2.15. The van der Waals surface area contributed by atoms with Gasteiger partial charge in [0.15, 0.2) is 0 Å². The molecule has 1 N–H and O–H groups in total. The largest absolute Gasteiger partial charge is 0.363 e. The van der Waals surface area contributed by atoms with Crippen LogP contribution in [-0.4, -0.2) is 30.0 Å². The first-order valence-electron chi connectivity index (χ1n) is 6.77. The van der Waals surface area contributed by atoms with Crippen LogP contribution in [0.4, 0.5) is 5.82 Å². The van der Waals surface area contributed by atoms with Crippen molar-refractivity contribution in [2.45, 2.75) is 40.2 Å². The summed E-state index contributed by atoms with van der Waals surface area (Å²) in [5.74, 6) is 1.68. The van der Waals surface area contributed by atoms with Crippen LogP contribution in [0.1, 0.15) is 38.2 Å². The average Bonchev–Trinajstić information content (AvgIpc) is 2.37. The van der Waals surface area contributed by atoms with Crippen molar-refractivity contribution in [2.24, 2.45) is 5.92 Å². The number of carbonyl (C=O) groups is 1. The number of amides is 1. The maximum absolute atomic E-state index is 11.9. The van der Waals surface area contributed by atoms with Gasteiger partial charge in [0.05, 0.1) is 6.54 Å². The molecule has 1 heterocycles. The molecule has 0 fully saturated rings. The second-order valence-electron chi connectivity index (χ2n) is 4.91. The van der Waals surface area contributed by atoms with E-state index in [9.17, 15) is 4.79 Å². The molecule has 0 aliphatic rings. The van der Waals surface area contributed by atoms with Gasteiger partial charge < -0.3 is 10.2 Å². The standard InChI is InChI=1S/C14H24N4O/c1-6-11(7-2)14(19)15-9-12-16-10(3)8-13(17-12)18(4)5/h8,11H,6-7,9H2,1-5H3,(H,15,19). The van der Waals surface area contributed by atoms with Gasteiger partial charge >= 0.3 is 0 Å². The van der Waals surface area contributed by atoms with Crippen LogP contribution in [0, 0.1) is 12.8 Å². The third kappa shape index (κ3) is 4.50. The molecule has 106 valence electrons. The van der Waals surface area contributed by atoms with Crippen molar-refractivity contribution in [3.8, 4) is 0 Å². The smallest absolute Gasteiger partial charge is 0.223 e. The summed E-state index contributed by atoms with van der Waals surface area (Å²) in [6.07, 6.45) is 1.72. The van der Waals surface area contributed by atoms with Crippen molar-refractivity contribution < 1.29 is 4.79 Å². The van der Waals surface area contributed by atoms with E-state index < -0.39 is 0 Å². The summed E-state index contributed by atoms with van der Waals surface area (Å²) in [7, 11) is 3.88. The van der Waals surface area contributed by atoms with Gasteiger partial charge in [0, 0.05) is 31.8 Å². The van der Waals surface area contributed by atoms with Crippen LogP contribution in [0.15, 0.2) is 6.07 Å². The molecule has 19 heavy (non-hydrogen) atoms. The second kappa shape index (κ2) is 7.07. The van der Waals surface area contributed by atoms with Crippen molar-refractivity contribution >= 4 is 11.7 Å². The summed E-state index contributed by atoms with van der Waals surface area (Å²) in [4.78, 5) is 22.6. The van der Waals surface area contributed by atoms with Gasteiger partial charge in [-0.2, -0.15) is 0 Å². The van der Waals surface area contributed by atoms with Crippen molar-refractivity contribution in [1.29, 1.82) is 0 Å². The lowest BCUT2D eigenvalue weighted by Crippen LogP contribution is -2.30. The summed E-state index contributed by atoms with van der Waals surface area (Å²) in [5.41, 5.74) is 0.908. The summed E-state index contributed by atoms with van der Waals surface area (Å²) in [5, 5.41) is 2.91. The first kappa shape index (κ1) is 15.4. The fourth-order valence-corrected chi connectivity index (χ4v) is 1.89. The molecule has 1 aromatic rings. The van der Waals surface area contributed by atoms with Crippen molar-refractivity contribution in [2.75, 3.05) is 19.0 Å². The van der Waals surface area contributed by atoms with E-state index >= 15 is 0 Å². The van der Waals surface area contributed by atoms with Crippen LogP contribution < -0.4 is 10.2 Å². The third-order valence-corrected chi connectivity index (χ3v) is 3.12. The lowest BCUT2D eigenvalue weighted by atomic mass is 10.0. The number of aryl methyl sites for hydroxylation is 1. The van der Waals surface area contributed by atoms with Crippen LogP contribution >= 0.6 is 0 Å². The summed E-state index contributed by atoms with van der Waals surface area (Å²) >= 11 is 0. The number of carbonyl (C=O) groups excluding carboxylic acids is 1. The molecular formula is C14H24N4O. The normalized spacial score (nSPS) is 10.6. The van der Waals surface area contributed by atoms with Gasteiger partial charge in [-0.3, -0.25) is 4.79 Å². The van der Waals surface area contributed by atoms with Crippen LogP contribution in [-0.2, 0) is 11.3 Å². The number of hydrogen-bond donors (Lipinski definition) is 1. The molecule has 0 bridgehead atoms. The molecule has 0 aliphatic heterocycles. The molecule has 0 saturated heterocycles. The Balaban J connectivity index is 2.70. The Morgan fingerprint density at radius 1 is 1.32 bits per heavy atom. The number of aromatic nitrogens is 2. The summed E-state index contributed by atoms with van der Waals surface area (Å²) in [6.45, 7) is 6.38. The number of nitrogens with zero attached hydrogens (tertiary/aromatic N) is 3. The molecule has 5 heteroatoms. The van der Waals surface area contributed by atoms with E-state index in [4.69, 9.17) is 0 Å². The quantitative estimate of drug-likeness (QED) is 0.852. The monoisotopic (exact) mass is 264 g/mol. The van der Waals surface area contributed by atoms with Crippen LogP contribution in [0.2, 0.25) is 0 Å². The molecule has 1 aromatic heterocycles. The van der Waals surface area contributed by atoms with Gasteiger partial charge in [0.2, 0.25) is 5.91 Å². The predicted octanol–water partition coefficient (Wildman–Crippen LogP) is 1.90. The number of hydrogen-bond acceptors (Lipinski definition) is 4. The van der Waals surface area contributed by atoms with E-state index in [0.29, 0.717) is 12.4 Å². The minimum Gasteiger partial charge on any atom is -0.363 e. The Bertz CT molecular complexity index is 427. The number of anilines is 1. The highest BCUT2D eigenvalue weighted by Crippen LogP contribution is 2.10. The molecule has 0 aromatic carbocycles. The second-order valence-corrected chi connectivity index (χ2v) is 4.91. The average molecular weight is 264 g/mol. The Labute approximate surface area is 115 Å². The van der Waals surface area contributed by atoms with E-state index in [1.807, 2.05) is 45.8 Å². The molecule has 5 nitrogen and oxygen atoms in total. The minimum absolute atomic E-state index is 0.0816. The van der Waals surface area contributed by atoms with Gasteiger partial charge in [-0.1, -0.05) is 13.8 Å². The topological polar surface area (TPSA) is 58.1 Å². The van der Waals surface area contributed by atoms with E-state index in [2.05, 4.69) is 15.3 Å². The van der Waals surface area contributed by atoms with Gasteiger partial charge in [-0.05, 0) is 19.8 Å². The molecule has 0 atom stereocenters. The van der Waals surface area contributed by atoms with Gasteiger partial charge in [0.25, 0.3) is 0 Å². The molecule has 1 amide bonds. The van der Waals surface area contributed by atoms with Gasteiger partial charge in [0.1, 0.15) is 11.6 Å². The first-order valence-corrected chi connectivity index (χ1v) is 6.77. The van der Waals surface area contributed by atoms with Crippen molar-refractivity contribution in [3.05, 3.63) is 17.6 Å². The molecule has 0 spiro atoms. The van der Waals surface area contributed by atoms with E-state index in [-0.39, 0.29) is 11.8 Å². The Hall–Kier alpha value is -1.65. The third-order valence-electron chi connectivity index (χ3n) is 3.12. The van der Waals surface area contributed by atoms with E-state index in [1.165, 1.54) is 0 Å². The molecular weight excluding hydrogens is 240 g/mol. The molecule has 0 radical (unpaired) electrons. The fourth-order valence-electron chi connectivity index (χ4n) is 1.89. The SMILES string of the molecule is CCC(CC)C(=O)NCc1nc(C)cc(N(C)C)n1. The van der Waals surface area contributed by atoms with E-state index in [0.717, 1.165) is 24.4 Å². The minimum atomic E-state index is 0.0816. The number of rotatable bonds is 6. The highest BCUT2D eigenvalue weighted by Gasteiger charge is 2.14. The molecule has 0 saturated carbocycles. The van der Waals surface area contributed by atoms with E-state index in [1.54, 1.807) is 0 Å². The molecule has 0 aliphatic carbocycles. The highest BCUT2D eigenvalue weighted by molar-refractivity contribution is 5.78.